The van der Waals surface area contributed by atoms with Crippen molar-refractivity contribution >= 4 is 17.6 Å². The Balaban J connectivity index is 1.46. The monoisotopic (exact) mass is 478 g/mol. The zero-order valence-electron chi connectivity index (χ0n) is 20.8. The number of nitrogens with one attached hydrogen (secondary N) is 2. The molecule has 0 aromatic carbocycles. The average Bonchev–Trinajstić information content (AvgIpc) is 3.44. The van der Waals surface area contributed by atoms with Gasteiger partial charge in [0.05, 0.1) is 6.04 Å². The molecule has 2 amide bonds. The molecule has 0 radical (unpaired) electrons. The number of fused-ring (bicyclic) bond motifs is 7. The number of aliphatic hydroxyl groups is 1. The minimum absolute atomic E-state index is 0.117. The van der Waals surface area contributed by atoms with Gasteiger partial charge in [0.15, 0.2) is 5.78 Å². The predicted molar refractivity (Wildman–Crippen MR) is 134 cm³/mol. The van der Waals surface area contributed by atoms with Crippen molar-refractivity contribution in [2.24, 2.45) is 47.3 Å². The highest BCUT2D eigenvalue weighted by molar-refractivity contribution is 6.27. The van der Waals surface area contributed by atoms with Crippen LogP contribution in [0.15, 0.2) is 47.8 Å². The first-order valence-electron chi connectivity index (χ1n) is 13.5. The molecule has 2 heterocycles. The second kappa shape index (κ2) is 9.79. The van der Waals surface area contributed by atoms with E-state index in [1.807, 2.05) is 12.2 Å². The molecule has 0 unspecified atom stereocenters. The summed E-state index contributed by atoms with van der Waals surface area (Å²) in [4.78, 5) is 37.6. The fourth-order valence-electron chi connectivity index (χ4n) is 7.92. The molecule has 35 heavy (non-hydrogen) atoms. The maximum Gasteiger partial charge on any atom is 0.259 e. The third kappa shape index (κ3) is 4.41. The zero-order chi connectivity index (χ0) is 24.7. The Morgan fingerprint density at radius 1 is 1.00 bits per heavy atom. The highest BCUT2D eigenvalue weighted by Gasteiger charge is 2.52. The number of aliphatic hydroxyl groups excluding tert-OH is 1. The van der Waals surface area contributed by atoms with Gasteiger partial charge in [0, 0.05) is 6.54 Å². The molecule has 3 aliphatic carbocycles. The second-order valence-electron chi connectivity index (χ2n) is 11.3. The van der Waals surface area contributed by atoms with E-state index in [9.17, 15) is 19.5 Å². The van der Waals surface area contributed by atoms with Crippen LogP contribution < -0.4 is 10.6 Å². The fraction of sp³-hybridized carbons (Fsp3) is 0.621. The molecule has 3 N–H and O–H groups in total. The zero-order valence-corrected chi connectivity index (χ0v) is 20.8. The molecule has 5 aliphatic rings. The summed E-state index contributed by atoms with van der Waals surface area (Å²) in [5.41, 5.74) is -0.135. The Kier molecular flexibility index (Phi) is 6.73. The number of hydrogen-bond acceptors (Lipinski definition) is 4. The van der Waals surface area contributed by atoms with Crippen LogP contribution in [0.1, 0.15) is 52.4 Å². The number of Topliss-reactive ketones (excluding diaryl/α,β-unsaturated/α-hetero) is 1. The van der Waals surface area contributed by atoms with Crippen molar-refractivity contribution in [1.29, 1.82) is 0 Å². The van der Waals surface area contributed by atoms with Gasteiger partial charge in [-0.1, -0.05) is 44.6 Å². The van der Waals surface area contributed by atoms with Crippen molar-refractivity contribution in [3.63, 3.8) is 0 Å². The molecule has 2 aliphatic heterocycles. The minimum Gasteiger partial charge on any atom is -0.507 e. The minimum atomic E-state index is -0.645. The number of carbonyl (C=O) groups is 3. The molecule has 6 heteroatoms. The van der Waals surface area contributed by atoms with Crippen LogP contribution in [0, 0.1) is 47.3 Å². The lowest BCUT2D eigenvalue weighted by Gasteiger charge is -2.35. The Hall–Kier alpha value is -2.63. The lowest BCUT2D eigenvalue weighted by molar-refractivity contribution is -0.118. The summed E-state index contributed by atoms with van der Waals surface area (Å²) in [6, 6.07) is -0.645. The molecule has 6 nitrogen and oxygen atoms in total. The molecule has 0 aromatic heterocycles. The standard InChI is InChI=1S/C29H38N2O4/c1-3-18-16(2)14-22-20(18)10-11-21-19-6-4-8-26(33)30-13-5-7-24-28(34)27(29(35)31-24)25(32)12-9-17(19)15-23(21)22/h4,8-12,16-24,32H,3,5-7,13-15H2,1-2H3,(H,30,33)(H,31,35)/b8-4-,12-9+,27-25?/t16-,17-,18-,19+,20+,21-,22+,23+,24-/m1/s1. The van der Waals surface area contributed by atoms with Crippen molar-refractivity contribution in [1.82, 2.24) is 10.6 Å². The van der Waals surface area contributed by atoms with E-state index in [4.69, 9.17) is 0 Å². The van der Waals surface area contributed by atoms with Crippen molar-refractivity contribution in [3.8, 4) is 0 Å². The lowest BCUT2D eigenvalue weighted by Crippen LogP contribution is -2.31. The summed E-state index contributed by atoms with van der Waals surface area (Å²) in [7, 11) is 0. The topological polar surface area (TPSA) is 95.5 Å². The maximum absolute atomic E-state index is 12.8. The molecule has 3 fully saturated rings. The largest absolute Gasteiger partial charge is 0.507 e. The normalized spacial score (nSPS) is 43.3. The Morgan fingerprint density at radius 2 is 1.77 bits per heavy atom. The van der Waals surface area contributed by atoms with E-state index in [0.29, 0.717) is 49.0 Å². The van der Waals surface area contributed by atoms with Crippen LogP contribution in [0.2, 0.25) is 0 Å². The Bertz CT molecular complexity index is 1010. The summed E-state index contributed by atoms with van der Waals surface area (Å²) in [5.74, 6) is 3.16. The quantitative estimate of drug-likeness (QED) is 0.392. The maximum atomic E-state index is 12.8. The number of ketones is 1. The number of amides is 2. The smallest absolute Gasteiger partial charge is 0.259 e. The molecule has 9 atom stereocenters. The molecule has 1 saturated heterocycles. The van der Waals surface area contributed by atoms with E-state index < -0.39 is 11.9 Å². The van der Waals surface area contributed by atoms with Crippen molar-refractivity contribution in [2.75, 3.05) is 6.54 Å². The molecule has 188 valence electrons. The molecule has 2 saturated carbocycles. The first-order chi connectivity index (χ1) is 16.9. The first kappa shape index (κ1) is 24.1. The third-order valence-electron chi connectivity index (χ3n) is 9.52. The number of rotatable bonds is 1. The van der Waals surface area contributed by atoms with Gasteiger partial charge < -0.3 is 15.7 Å². The summed E-state index contributed by atoms with van der Waals surface area (Å²) < 4.78 is 0. The Labute approximate surface area is 208 Å². The summed E-state index contributed by atoms with van der Waals surface area (Å²) >= 11 is 0. The van der Waals surface area contributed by atoms with E-state index in [0.717, 1.165) is 24.7 Å². The van der Waals surface area contributed by atoms with Gasteiger partial charge in [0.1, 0.15) is 11.3 Å². The number of carbonyl (C=O) groups excluding carboxylic acids is 3. The van der Waals surface area contributed by atoms with E-state index in [-0.39, 0.29) is 28.9 Å². The lowest BCUT2D eigenvalue weighted by atomic mass is 9.69. The van der Waals surface area contributed by atoms with Crippen LogP contribution >= 0.6 is 0 Å². The van der Waals surface area contributed by atoms with Crippen LogP contribution in [-0.4, -0.2) is 35.3 Å². The van der Waals surface area contributed by atoms with Gasteiger partial charge in [0.2, 0.25) is 5.91 Å². The van der Waals surface area contributed by atoms with Gasteiger partial charge in [-0.05, 0) is 91.6 Å². The molecule has 2 bridgehead atoms. The summed E-state index contributed by atoms with van der Waals surface area (Å²) in [6.45, 7) is 5.14. The van der Waals surface area contributed by atoms with E-state index in [1.165, 1.54) is 12.8 Å². The van der Waals surface area contributed by atoms with Crippen LogP contribution in [-0.2, 0) is 14.4 Å². The van der Waals surface area contributed by atoms with Crippen molar-refractivity contribution in [2.45, 2.75) is 58.4 Å². The van der Waals surface area contributed by atoms with Crippen LogP contribution in [0.3, 0.4) is 0 Å². The SMILES string of the molecule is CC[C@H]1[C@@H]2C=C[C@@H]3[C@H]4C/C=C\C(=O)NCCC[C@H]5NC(=O)C(=C(O)/C=C/[C@@H]4C[C@@H]3[C@H]2C[C@H]1C)C5=O. The van der Waals surface area contributed by atoms with Gasteiger partial charge in [-0.2, -0.15) is 0 Å². The molecule has 0 spiro atoms. The number of allylic oxidation sites excluding steroid dienone is 5. The average molecular weight is 479 g/mol. The van der Waals surface area contributed by atoms with Gasteiger partial charge in [0.25, 0.3) is 5.91 Å². The highest BCUT2D eigenvalue weighted by Crippen LogP contribution is 2.59. The van der Waals surface area contributed by atoms with Gasteiger partial charge in [-0.25, -0.2) is 0 Å². The van der Waals surface area contributed by atoms with Gasteiger partial charge in [-0.15, -0.1) is 0 Å². The van der Waals surface area contributed by atoms with E-state index >= 15 is 0 Å². The van der Waals surface area contributed by atoms with Crippen LogP contribution in [0.5, 0.6) is 0 Å². The van der Waals surface area contributed by atoms with Crippen LogP contribution in [0.4, 0.5) is 0 Å². The highest BCUT2D eigenvalue weighted by atomic mass is 16.3. The third-order valence-corrected chi connectivity index (χ3v) is 9.52. The molecule has 0 aromatic rings. The predicted octanol–water partition coefficient (Wildman–Crippen LogP) is 4.02. The number of hydrogen-bond donors (Lipinski definition) is 3. The molecule has 5 rings (SSSR count). The summed E-state index contributed by atoms with van der Waals surface area (Å²) in [5, 5.41) is 16.3. The van der Waals surface area contributed by atoms with Crippen LogP contribution in [0.25, 0.3) is 0 Å². The van der Waals surface area contributed by atoms with Crippen molar-refractivity contribution < 1.29 is 19.5 Å². The van der Waals surface area contributed by atoms with E-state index in [1.54, 1.807) is 12.2 Å². The summed E-state index contributed by atoms with van der Waals surface area (Å²) in [6.07, 6.45) is 17.4. The second-order valence-corrected chi connectivity index (χ2v) is 11.3. The molecular weight excluding hydrogens is 440 g/mol. The Morgan fingerprint density at radius 3 is 2.57 bits per heavy atom. The van der Waals surface area contributed by atoms with Gasteiger partial charge in [-0.3, -0.25) is 14.4 Å². The molecular formula is C29H38N2O4. The fourth-order valence-corrected chi connectivity index (χ4v) is 7.92. The van der Waals surface area contributed by atoms with Crippen molar-refractivity contribution in [3.05, 3.63) is 47.8 Å². The van der Waals surface area contributed by atoms with Gasteiger partial charge >= 0.3 is 0 Å². The first-order valence-corrected chi connectivity index (χ1v) is 13.5. The van der Waals surface area contributed by atoms with E-state index in [2.05, 4.69) is 36.6 Å².